The summed E-state index contributed by atoms with van der Waals surface area (Å²) in [7, 11) is -3.51. The van der Waals surface area contributed by atoms with Gasteiger partial charge in [-0.05, 0) is 36.1 Å². The average molecular weight is 338 g/mol. The Morgan fingerprint density at radius 2 is 1.82 bits per heavy atom. The molecule has 0 amide bonds. The molecule has 120 valence electrons. The van der Waals surface area contributed by atoms with Crippen LogP contribution in [0.4, 0.5) is 0 Å². The maximum atomic E-state index is 12.6. The van der Waals surface area contributed by atoms with Crippen LogP contribution in [-0.4, -0.2) is 20.7 Å². The van der Waals surface area contributed by atoms with E-state index in [1.54, 1.807) is 23.9 Å². The van der Waals surface area contributed by atoms with E-state index in [0.29, 0.717) is 4.90 Å². The first-order chi connectivity index (χ1) is 10.3. The van der Waals surface area contributed by atoms with Crippen molar-refractivity contribution in [3.63, 3.8) is 0 Å². The monoisotopic (exact) mass is 337 g/mol. The van der Waals surface area contributed by atoms with E-state index in [4.69, 9.17) is 0 Å². The molecule has 2 rings (SSSR count). The van der Waals surface area contributed by atoms with Crippen LogP contribution in [0.1, 0.15) is 19.4 Å². The average Bonchev–Trinajstić information content (AvgIpc) is 2.93. The van der Waals surface area contributed by atoms with Crippen molar-refractivity contribution < 1.29 is 8.42 Å². The van der Waals surface area contributed by atoms with Gasteiger partial charge in [-0.2, -0.15) is 0 Å². The molecule has 0 aromatic heterocycles. The topological polar surface area (TPSA) is 46.2 Å². The van der Waals surface area contributed by atoms with Crippen molar-refractivity contribution in [1.29, 1.82) is 0 Å². The summed E-state index contributed by atoms with van der Waals surface area (Å²) in [6.07, 6.45) is 8.17. The van der Waals surface area contributed by atoms with Crippen molar-refractivity contribution in [2.45, 2.75) is 31.7 Å². The van der Waals surface area contributed by atoms with Gasteiger partial charge in [0.2, 0.25) is 10.0 Å². The number of nitrogens with one attached hydrogen (secondary N) is 1. The van der Waals surface area contributed by atoms with Gasteiger partial charge in [-0.15, -0.1) is 11.8 Å². The molecule has 0 bridgehead atoms. The molecule has 0 heterocycles. The van der Waals surface area contributed by atoms with Crippen LogP contribution in [0.15, 0.2) is 52.3 Å². The van der Waals surface area contributed by atoms with Gasteiger partial charge in [-0.25, -0.2) is 13.1 Å². The molecule has 22 heavy (non-hydrogen) atoms. The maximum absolute atomic E-state index is 12.6. The number of thioether (sulfide) groups is 1. The number of allylic oxidation sites excluding steroid dienone is 2. The molecular weight excluding hydrogens is 314 g/mol. The highest BCUT2D eigenvalue weighted by molar-refractivity contribution is 8.02. The molecule has 1 aliphatic rings. The van der Waals surface area contributed by atoms with Crippen LogP contribution in [0.2, 0.25) is 0 Å². The minimum absolute atomic E-state index is 0.107. The Kier molecular flexibility index (Phi) is 5.53. The highest BCUT2D eigenvalue weighted by atomic mass is 32.2. The van der Waals surface area contributed by atoms with Crippen molar-refractivity contribution in [1.82, 2.24) is 4.72 Å². The Bertz CT molecular complexity index is 673. The summed E-state index contributed by atoms with van der Waals surface area (Å²) in [5.41, 5.74) is 1.05. The molecule has 0 fully saturated rings. The maximum Gasteiger partial charge on any atom is 0.240 e. The number of sulfonamides is 1. The van der Waals surface area contributed by atoms with Gasteiger partial charge in [0.05, 0.1) is 4.90 Å². The molecular formula is C17H23NO2S2. The summed E-state index contributed by atoms with van der Waals surface area (Å²) in [6.45, 7) is 6.04. The molecule has 3 nitrogen and oxygen atoms in total. The number of aryl methyl sites for hydroxylation is 1. The minimum atomic E-state index is -3.51. The Morgan fingerprint density at radius 1 is 1.18 bits per heavy atom. The molecule has 0 radical (unpaired) electrons. The van der Waals surface area contributed by atoms with Crippen molar-refractivity contribution in [2.75, 3.05) is 6.26 Å². The van der Waals surface area contributed by atoms with Crippen LogP contribution in [0.25, 0.3) is 0 Å². The summed E-state index contributed by atoms with van der Waals surface area (Å²) in [6, 6.07) is 6.81. The van der Waals surface area contributed by atoms with Crippen LogP contribution in [0.3, 0.4) is 0 Å². The standard InChI is InChI=1S/C17H23NO2S2/c1-12(2)17(15-6-5-7-16(15)21-4)18-22(19,20)14-10-8-13(3)9-11-14/h5-12,15,17-18H,1-4H3/t15?,17-/m0/s1. The van der Waals surface area contributed by atoms with E-state index < -0.39 is 10.0 Å². The Hall–Kier alpha value is -1.04. The van der Waals surface area contributed by atoms with Gasteiger partial charge in [0.15, 0.2) is 0 Å². The van der Waals surface area contributed by atoms with Crippen LogP contribution < -0.4 is 4.72 Å². The second-order valence-corrected chi connectivity index (χ2v) is 8.48. The van der Waals surface area contributed by atoms with Crippen molar-refractivity contribution in [3.8, 4) is 0 Å². The van der Waals surface area contributed by atoms with Gasteiger partial charge in [0, 0.05) is 12.0 Å². The van der Waals surface area contributed by atoms with Gasteiger partial charge in [0.1, 0.15) is 0 Å². The lowest BCUT2D eigenvalue weighted by Gasteiger charge is -2.28. The van der Waals surface area contributed by atoms with E-state index in [1.165, 1.54) is 4.91 Å². The third kappa shape index (κ3) is 3.83. The largest absolute Gasteiger partial charge is 0.240 e. The summed E-state index contributed by atoms with van der Waals surface area (Å²) in [4.78, 5) is 1.52. The van der Waals surface area contributed by atoms with Crippen LogP contribution in [0, 0.1) is 18.8 Å². The zero-order chi connectivity index (χ0) is 16.3. The fraction of sp³-hybridized carbons (Fsp3) is 0.412. The van der Waals surface area contributed by atoms with E-state index in [2.05, 4.69) is 16.9 Å². The third-order valence-corrected chi connectivity index (χ3v) is 6.23. The lowest BCUT2D eigenvalue weighted by atomic mass is 9.92. The highest BCUT2D eigenvalue weighted by Crippen LogP contribution is 2.33. The zero-order valence-electron chi connectivity index (χ0n) is 13.4. The minimum Gasteiger partial charge on any atom is -0.207 e. The lowest BCUT2D eigenvalue weighted by Crippen LogP contribution is -2.43. The van der Waals surface area contributed by atoms with Crippen LogP contribution in [0.5, 0.6) is 0 Å². The SMILES string of the molecule is CSC1=CC=CC1[C@@H](NS(=O)(=O)c1ccc(C)cc1)C(C)C. The second kappa shape index (κ2) is 7.02. The summed E-state index contributed by atoms with van der Waals surface area (Å²) in [5.74, 6) is 0.304. The molecule has 0 saturated heterocycles. The highest BCUT2D eigenvalue weighted by Gasteiger charge is 2.31. The Labute approximate surface area is 137 Å². The van der Waals surface area contributed by atoms with E-state index in [1.807, 2.05) is 45.2 Å². The Balaban J connectivity index is 2.26. The number of rotatable bonds is 6. The molecule has 1 unspecified atom stereocenters. The predicted molar refractivity (Wildman–Crippen MR) is 94.4 cm³/mol. The van der Waals surface area contributed by atoms with E-state index in [-0.39, 0.29) is 17.9 Å². The first-order valence-corrected chi connectivity index (χ1v) is 10.1. The molecule has 1 aromatic carbocycles. The fourth-order valence-corrected chi connectivity index (χ4v) is 4.69. The molecule has 1 N–H and O–H groups in total. The summed E-state index contributed by atoms with van der Waals surface area (Å²) in [5, 5.41) is 0. The first-order valence-electron chi connectivity index (χ1n) is 7.36. The number of benzene rings is 1. The molecule has 0 spiro atoms. The van der Waals surface area contributed by atoms with E-state index in [0.717, 1.165) is 5.56 Å². The lowest BCUT2D eigenvalue weighted by molar-refractivity contribution is 0.401. The third-order valence-electron chi connectivity index (χ3n) is 3.87. The molecule has 0 saturated carbocycles. The Morgan fingerprint density at radius 3 is 2.36 bits per heavy atom. The quantitative estimate of drug-likeness (QED) is 0.860. The number of hydrogen-bond acceptors (Lipinski definition) is 3. The predicted octanol–water partition coefficient (Wildman–Crippen LogP) is 3.73. The fourth-order valence-electron chi connectivity index (χ4n) is 2.57. The van der Waals surface area contributed by atoms with Crippen molar-refractivity contribution >= 4 is 21.8 Å². The van der Waals surface area contributed by atoms with Crippen molar-refractivity contribution in [2.24, 2.45) is 11.8 Å². The van der Waals surface area contributed by atoms with E-state index in [9.17, 15) is 8.42 Å². The van der Waals surface area contributed by atoms with Crippen molar-refractivity contribution in [3.05, 3.63) is 53.0 Å². The van der Waals surface area contributed by atoms with Crippen LogP contribution >= 0.6 is 11.8 Å². The summed E-state index contributed by atoms with van der Waals surface area (Å²) < 4.78 is 28.2. The molecule has 1 aliphatic carbocycles. The second-order valence-electron chi connectivity index (χ2n) is 5.89. The van der Waals surface area contributed by atoms with Crippen LogP contribution in [-0.2, 0) is 10.0 Å². The number of hydrogen-bond donors (Lipinski definition) is 1. The van der Waals surface area contributed by atoms with Gasteiger partial charge in [-0.3, -0.25) is 0 Å². The zero-order valence-corrected chi connectivity index (χ0v) is 15.0. The molecule has 0 aliphatic heterocycles. The smallest absolute Gasteiger partial charge is 0.207 e. The molecule has 5 heteroatoms. The van der Waals surface area contributed by atoms with Gasteiger partial charge < -0.3 is 0 Å². The molecule has 1 aromatic rings. The van der Waals surface area contributed by atoms with E-state index >= 15 is 0 Å². The molecule has 2 atom stereocenters. The van der Waals surface area contributed by atoms with Gasteiger partial charge in [-0.1, -0.05) is 49.8 Å². The van der Waals surface area contributed by atoms with Gasteiger partial charge in [0.25, 0.3) is 0 Å². The van der Waals surface area contributed by atoms with Gasteiger partial charge >= 0.3 is 0 Å². The first kappa shape index (κ1) is 17.3. The summed E-state index contributed by atoms with van der Waals surface area (Å²) >= 11 is 1.67. The normalized spacial score (nSPS) is 19.5.